The molecule has 0 N–H and O–H groups in total. The predicted molar refractivity (Wildman–Crippen MR) is 128 cm³/mol. The highest BCUT2D eigenvalue weighted by Gasteiger charge is 2.27. The van der Waals surface area contributed by atoms with Gasteiger partial charge in [-0.2, -0.15) is 4.31 Å². The minimum Gasteiger partial charge on any atom is -0.352 e. The summed E-state index contributed by atoms with van der Waals surface area (Å²) in [5.74, 6) is 0.807. The van der Waals surface area contributed by atoms with Gasteiger partial charge < -0.3 is 4.90 Å². The molecule has 3 aromatic carbocycles. The highest BCUT2D eigenvalue weighted by Crippen LogP contribution is 2.27. The highest BCUT2D eigenvalue weighted by atomic mass is 32.2. The molecule has 6 nitrogen and oxygen atoms in total. The number of rotatable bonds is 5. The van der Waals surface area contributed by atoms with Crippen molar-refractivity contribution < 1.29 is 8.42 Å². The molecule has 1 aliphatic rings. The van der Waals surface area contributed by atoms with Gasteiger partial charge in [0.1, 0.15) is 0 Å². The normalized spacial score (nSPS) is 15.2. The molecule has 0 saturated carbocycles. The summed E-state index contributed by atoms with van der Waals surface area (Å²) in [5.41, 5.74) is 2.69. The Morgan fingerprint density at radius 2 is 1.44 bits per heavy atom. The third-order valence-corrected chi connectivity index (χ3v) is 7.71. The number of fused-ring (bicyclic) bond motifs is 1. The first-order valence-electron chi connectivity index (χ1n) is 10.7. The van der Waals surface area contributed by atoms with Crippen molar-refractivity contribution in [3.8, 4) is 11.3 Å². The molecule has 1 fully saturated rings. The molecule has 0 unspecified atom stereocenters. The zero-order chi connectivity index (χ0) is 22.0. The van der Waals surface area contributed by atoms with E-state index in [0.29, 0.717) is 26.2 Å². The molecule has 1 saturated heterocycles. The largest absolute Gasteiger partial charge is 0.352 e. The van der Waals surface area contributed by atoms with Gasteiger partial charge in [-0.15, -0.1) is 10.2 Å². The molecule has 32 heavy (non-hydrogen) atoms. The van der Waals surface area contributed by atoms with Crippen LogP contribution in [-0.2, 0) is 15.8 Å². The van der Waals surface area contributed by atoms with Gasteiger partial charge in [-0.1, -0.05) is 72.8 Å². The molecular formula is C25H24N4O2S. The minimum atomic E-state index is -3.33. The van der Waals surface area contributed by atoms with Crippen molar-refractivity contribution in [2.75, 3.05) is 31.1 Å². The maximum atomic E-state index is 12.8. The summed E-state index contributed by atoms with van der Waals surface area (Å²) in [6.45, 7) is 2.08. The van der Waals surface area contributed by atoms with Gasteiger partial charge in [0.25, 0.3) is 0 Å². The van der Waals surface area contributed by atoms with Gasteiger partial charge >= 0.3 is 0 Å². The maximum Gasteiger partial charge on any atom is 0.218 e. The fraction of sp³-hybridized carbons (Fsp3) is 0.200. The second-order valence-electron chi connectivity index (χ2n) is 7.93. The maximum absolute atomic E-state index is 12.8. The lowest BCUT2D eigenvalue weighted by Crippen LogP contribution is -2.49. The second-order valence-corrected chi connectivity index (χ2v) is 9.90. The third-order valence-electron chi connectivity index (χ3n) is 5.86. The van der Waals surface area contributed by atoms with Gasteiger partial charge in [0.15, 0.2) is 5.82 Å². The lowest BCUT2D eigenvalue weighted by Gasteiger charge is -2.34. The summed E-state index contributed by atoms with van der Waals surface area (Å²) < 4.78 is 27.2. The van der Waals surface area contributed by atoms with Crippen molar-refractivity contribution in [1.82, 2.24) is 14.5 Å². The fourth-order valence-corrected chi connectivity index (χ4v) is 5.67. The molecule has 1 aromatic heterocycles. The highest BCUT2D eigenvalue weighted by molar-refractivity contribution is 7.88. The molecule has 7 heteroatoms. The number of sulfonamides is 1. The van der Waals surface area contributed by atoms with Crippen LogP contribution in [0.15, 0.2) is 84.9 Å². The number of hydrogen-bond donors (Lipinski definition) is 0. The van der Waals surface area contributed by atoms with E-state index in [1.807, 2.05) is 60.7 Å². The molecular weight excluding hydrogens is 420 g/mol. The van der Waals surface area contributed by atoms with Crippen LogP contribution in [0.2, 0.25) is 0 Å². The van der Waals surface area contributed by atoms with Crippen LogP contribution in [-0.4, -0.2) is 49.1 Å². The van der Waals surface area contributed by atoms with Crippen molar-refractivity contribution >= 4 is 26.6 Å². The summed E-state index contributed by atoms with van der Waals surface area (Å²) in [7, 11) is -3.33. The first kappa shape index (κ1) is 20.6. The van der Waals surface area contributed by atoms with E-state index >= 15 is 0 Å². The van der Waals surface area contributed by atoms with Gasteiger partial charge in [-0.25, -0.2) is 8.42 Å². The number of anilines is 1. The quantitative estimate of drug-likeness (QED) is 0.466. The monoisotopic (exact) mass is 444 g/mol. The SMILES string of the molecule is O=S(=O)(Cc1ccccc1)N1CCN(c2ccc(-c3cccc4ccccc34)nn2)CC1. The second kappa shape index (κ2) is 8.68. The van der Waals surface area contributed by atoms with E-state index in [-0.39, 0.29) is 5.75 Å². The molecule has 4 aromatic rings. The van der Waals surface area contributed by atoms with Crippen molar-refractivity contribution in [2.24, 2.45) is 0 Å². The summed E-state index contributed by atoms with van der Waals surface area (Å²) in [5, 5.41) is 11.2. The van der Waals surface area contributed by atoms with Crippen molar-refractivity contribution in [3.05, 3.63) is 90.5 Å². The smallest absolute Gasteiger partial charge is 0.218 e. The van der Waals surface area contributed by atoms with E-state index < -0.39 is 10.0 Å². The Bertz CT molecular complexity index is 1310. The van der Waals surface area contributed by atoms with Crippen molar-refractivity contribution in [3.63, 3.8) is 0 Å². The topological polar surface area (TPSA) is 66.4 Å². The number of aromatic nitrogens is 2. The van der Waals surface area contributed by atoms with Crippen molar-refractivity contribution in [1.29, 1.82) is 0 Å². The fourth-order valence-electron chi connectivity index (χ4n) is 4.16. The lowest BCUT2D eigenvalue weighted by molar-refractivity contribution is 0.383. The van der Waals surface area contributed by atoms with Gasteiger partial charge in [-0.05, 0) is 28.5 Å². The van der Waals surface area contributed by atoms with Crippen LogP contribution in [0.5, 0.6) is 0 Å². The molecule has 5 rings (SSSR count). The van der Waals surface area contributed by atoms with E-state index in [1.54, 1.807) is 4.31 Å². The molecule has 0 bridgehead atoms. The Morgan fingerprint density at radius 3 is 2.19 bits per heavy atom. The van der Waals surface area contributed by atoms with Crippen LogP contribution >= 0.6 is 0 Å². The molecule has 2 heterocycles. The third kappa shape index (κ3) is 4.22. The number of nitrogens with zero attached hydrogens (tertiary/aromatic N) is 4. The molecule has 162 valence electrons. The summed E-state index contributed by atoms with van der Waals surface area (Å²) in [4.78, 5) is 2.09. The molecule has 0 radical (unpaired) electrons. The number of piperazine rings is 1. The standard InChI is InChI=1S/C25H24N4O2S/c30-32(31,19-20-7-2-1-3-8-20)29-17-15-28(16-18-29)25-14-13-24(26-27-25)23-12-6-10-21-9-4-5-11-22(21)23/h1-14H,15-19H2. The van der Waals surface area contributed by atoms with E-state index in [4.69, 9.17) is 0 Å². The van der Waals surface area contributed by atoms with Crippen LogP contribution in [0.25, 0.3) is 22.0 Å². The first-order chi connectivity index (χ1) is 15.6. The lowest BCUT2D eigenvalue weighted by atomic mass is 10.0. The molecule has 0 amide bonds. The van der Waals surface area contributed by atoms with Crippen LogP contribution < -0.4 is 4.90 Å². The van der Waals surface area contributed by atoms with Crippen LogP contribution in [0.4, 0.5) is 5.82 Å². The summed E-state index contributed by atoms with van der Waals surface area (Å²) in [6.07, 6.45) is 0. The Morgan fingerprint density at radius 1 is 0.719 bits per heavy atom. The van der Waals surface area contributed by atoms with Crippen LogP contribution in [0, 0.1) is 0 Å². The van der Waals surface area contributed by atoms with Crippen LogP contribution in [0.3, 0.4) is 0 Å². The van der Waals surface area contributed by atoms with E-state index in [0.717, 1.165) is 28.0 Å². The van der Waals surface area contributed by atoms with Crippen LogP contribution in [0.1, 0.15) is 5.56 Å². The van der Waals surface area contributed by atoms with E-state index in [9.17, 15) is 8.42 Å². The Labute approximate surface area is 188 Å². The van der Waals surface area contributed by atoms with Gasteiger partial charge in [0.2, 0.25) is 10.0 Å². The van der Waals surface area contributed by atoms with Crippen molar-refractivity contribution in [2.45, 2.75) is 5.75 Å². The van der Waals surface area contributed by atoms with Gasteiger partial charge in [-0.3, -0.25) is 0 Å². The first-order valence-corrected chi connectivity index (χ1v) is 12.3. The van der Waals surface area contributed by atoms with E-state index in [2.05, 4.69) is 39.4 Å². The zero-order valence-corrected chi connectivity index (χ0v) is 18.4. The molecule has 0 atom stereocenters. The average molecular weight is 445 g/mol. The molecule has 1 aliphatic heterocycles. The minimum absolute atomic E-state index is 0.0351. The Balaban J connectivity index is 1.27. The molecule has 0 aliphatic carbocycles. The van der Waals surface area contributed by atoms with Gasteiger partial charge in [0, 0.05) is 31.7 Å². The summed E-state index contributed by atoms with van der Waals surface area (Å²) >= 11 is 0. The van der Waals surface area contributed by atoms with E-state index in [1.165, 1.54) is 5.39 Å². The zero-order valence-electron chi connectivity index (χ0n) is 17.6. The molecule has 0 spiro atoms. The Kier molecular flexibility index (Phi) is 5.59. The average Bonchev–Trinajstić information content (AvgIpc) is 2.84. The number of hydrogen-bond acceptors (Lipinski definition) is 5. The number of benzene rings is 3. The van der Waals surface area contributed by atoms with Gasteiger partial charge in [0.05, 0.1) is 11.4 Å². The Hall–Kier alpha value is -3.29. The predicted octanol–water partition coefficient (Wildman–Crippen LogP) is 3.95. The summed E-state index contributed by atoms with van der Waals surface area (Å²) in [6, 6.07) is 27.7.